The van der Waals surface area contributed by atoms with Crippen LogP contribution in [-0.2, 0) is 43.0 Å². The molecule has 2 aliphatic heterocycles. The Labute approximate surface area is 338 Å². The molecule has 7 rings (SSSR count). The third-order valence-corrected chi connectivity index (χ3v) is 11.6. The van der Waals surface area contributed by atoms with Crippen molar-refractivity contribution < 1.29 is 43.1 Å². The Morgan fingerprint density at radius 2 is 1.56 bits per heavy atom. The maximum absolute atomic E-state index is 14.6. The summed E-state index contributed by atoms with van der Waals surface area (Å²) in [5.41, 5.74) is 9.19. The minimum Gasteiger partial charge on any atom is -0.370 e. The molecule has 0 bridgehead atoms. The summed E-state index contributed by atoms with van der Waals surface area (Å²) in [5.74, 6) is -3.01. The second kappa shape index (κ2) is 16.8. The number of aromatic amines is 1. The topological polar surface area (TPSA) is 241 Å². The van der Waals surface area contributed by atoms with E-state index in [9.17, 15) is 43.1 Å². The predicted octanol–water partition coefficient (Wildman–Crippen LogP) is 3.71. The quantitative estimate of drug-likeness (QED) is 0.0808. The van der Waals surface area contributed by atoms with Gasteiger partial charge in [-0.3, -0.25) is 38.2 Å². The van der Waals surface area contributed by atoms with Crippen LogP contribution in [0.1, 0.15) is 80.9 Å². The molecule has 0 unspecified atom stereocenters. The number of fused-ring (bicyclic) bond motifs is 1. The first-order valence-electron chi connectivity index (χ1n) is 19.2. The van der Waals surface area contributed by atoms with Crippen LogP contribution in [-0.4, -0.2) is 68.0 Å². The van der Waals surface area contributed by atoms with Crippen molar-refractivity contribution in [1.29, 1.82) is 0 Å². The van der Waals surface area contributed by atoms with Gasteiger partial charge in [0.05, 0.1) is 11.7 Å². The highest BCUT2D eigenvalue weighted by Crippen LogP contribution is 2.41. The average Bonchev–Trinajstić information content (AvgIpc) is 3.81. The number of nitrogens with zero attached hydrogens (tertiary/aromatic N) is 1. The molecule has 0 aliphatic carbocycles. The minimum atomic E-state index is -5.04. The van der Waals surface area contributed by atoms with Gasteiger partial charge in [0.25, 0.3) is 11.4 Å². The second-order valence-electron chi connectivity index (χ2n) is 14.8. The van der Waals surface area contributed by atoms with Crippen molar-refractivity contribution >= 4 is 59.2 Å². The molecular weight excluding hydrogens is 775 g/mol. The lowest BCUT2D eigenvalue weighted by Gasteiger charge is -2.29. The summed E-state index contributed by atoms with van der Waals surface area (Å²) in [6.45, 7) is 2.00. The van der Waals surface area contributed by atoms with E-state index in [-0.39, 0.29) is 36.9 Å². The summed E-state index contributed by atoms with van der Waals surface area (Å²) < 4.78 is 11.5. The Morgan fingerprint density at radius 3 is 2.19 bits per heavy atom. The van der Waals surface area contributed by atoms with Crippen molar-refractivity contribution in [3.63, 3.8) is 0 Å². The van der Waals surface area contributed by atoms with Gasteiger partial charge in [0.15, 0.2) is 0 Å². The van der Waals surface area contributed by atoms with E-state index < -0.39 is 66.8 Å². The number of rotatable bonds is 14. The van der Waals surface area contributed by atoms with E-state index in [1.807, 2.05) is 79.7 Å². The first-order chi connectivity index (χ1) is 28.2. The van der Waals surface area contributed by atoms with Gasteiger partial charge in [0.2, 0.25) is 23.6 Å². The summed E-state index contributed by atoms with van der Waals surface area (Å²) in [7, 11) is -5.04. The Bertz CT molecular complexity index is 2480. The van der Waals surface area contributed by atoms with Crippen molar-refractivity contribution in [3.05, 3.63) is 136 Å². The molecular formula is C43H43N6O9P. The smallest absolute Gasteiger partial charge is 0.370 e. The lowest BCUT2D eigenvalue weighted by Crippen LogP contribution is -2.57. The molecule has 5 amide bonds. The van der Waals surface area contributed by atoms with Gasteiger partial charge in [-0.25, -0.2) is 0 Å². The van der Waals surface area contributed by atoms with Gasteiger partial charge in [-0.1, -0.05) is 79.7 Å². The Balaban J connectivity index is 1.15. The van der Waals surface area contributed by atoms with Gasteiger partial charge < -0.3 is 36.5 Å². The molecule has 4 aromatic carbocycles. The monoisotopic (exact) mass is 818 g/mol. The molecule has 0 spiro atoms. The second-order valence-corrected chi connectivity index (χ2v) is 16.3. The third kappa shape index (κ3) is 8.72. The van der Waals surface area contributed by atoms with Crippen LogP contribution in [0.15, 0.2) is 97.1 Å². The molecule has 16 heteroatoms. The number of amides is 5. The number of carbonyl (C=O) groups excluding carboxylic acids is 6. The SMILES string of the molecule is CCc1cc2c3c(c1)C[C@@H](C(=O)N[C@@H](CCC(N)=O)C(=O)NC(c1ccccc1)c1ccccc1)N3C(=O)[C@@H](NC(=O)c1cc3cc(C(=O)P(=O)(O)O)ccc3[nH]1)CC2. The van der Waals surface area contributed by atoms with Crippen molar-refractivity contribution in [2.75, 3.05) is 4.90 Å². The molecule has 3 heterocycles. The number of hydrogen-bond donors (Lipinski definition) is 7. The maximum Gasteiger partial charge on any atom is 0.396 e. The molecule has 0 saturated carbocycles. The van der Waals surface area contributed by atoms with Crippen LogP contribution in [0.2, 0.25) is 0 Å². The van der Waals surface area contributed by atoms with Gasteiger partial charge in [0, 0.05) is 29.3 Å². The largest absolute Gasteiger partial charge is 0.396 e. The lowest BCUT2D eigenvalue weighted by atomic mass is 9.97. The third-order valence-electron chi connectivity index (χ3n) is 10.8. The van der Waals surface area contributed by atoms with Crippen molar-refractivity contribution in [1.82, 2.24) is 20.9 Å². The number of H-pyrrole nitrogens is 1. The van der Waals surface area contributed by atoms with E-state index >= 15 is 0 Å². The number of aromatic nitrogens is 1. The van der Waals surface area contributed by atoms with Gasteiger partial charge in [-0.05, 0) is 77.8 Å². The number of carbonyl (C=O) groups is 6. The Kier molecular flexibility index (Phi) is 11.6. The number of nitrogens with one attached hydrogen (secondary N) is 4. The van der Waals surface area contributed by atoms with Crippen molar-refractivity contribution in [2.45, 2.75) is 69.6 Å². The lowest BCUT2D eigenvalue weighted by molar-refractivity contribution is -0.131. The van der Waals surface area contributed by atoms with E-state index in [0.717, 1.165) is 27.8 Å². The van der Waals surface area contributed by atoms with Crippen LogP contribution in [0, 0.1) is 0 Å². The van der Waals surface area contributed by atoms with Crippen molar-refractivity contribution in [3.8, 4) is 0 Å². The number of anilines is 1. The Morgan fingerprint density at radius 1 is 0.898 bits per heavy atom. The van der Waals surface area contributed by atoms with E-state index in [2.05, 4.69) is 20.9 Å². The zero-order valence-corrected chi connectivity index (χ0v) is 32.9. The molecule has 2 aliphatic rings. The van der Waals surface area contributed by atoms with Gasteiger partial charge in [-0.15, -0.1) is 0 Å². The van der Waals surface area contributed by atoms with Crippen LogP contribution in [0.3, 0.4) is 0 Å². The number of aryl methyl sites for hydroxylation is 2. The first-order valence-corrected chi connectivity index (χ1v) is 20.8. The molecule has 1 aromatic heterocycles. The highest BCUT2D eigenvalue weighted by Gasteiger charge is 2.45. The summed E-state index contributed by atoms with van der Waals surface area (Å²) in [4.78, 5) is 104. The van der Waals surface area contributed by atoms with Crippen LogP contribution < -0.4 is 26.6 Å². The summed E-state index contributed by atoms with van der Waals surface area (Å²) >= 11 is 0. The highest BCUT2D eigenvalue weighted by atomic mass is 31.2. The molecule has 15 nitrogen and oxygen atoms in total. The normalized spacial score (nSPS) is 16.6. The molecule has 5 aromatic rings. The van der Waals surface area contributed by atoms with E-state index in [1.54, 1.807) is 0 Å². The standard InChI is InChI=1S/C43H43N6O9P/c1-2-24-19-27-13-16-33(47-40(52)34-22-29-21-28(14-15-31(29)45-34)43(55)59(56,57)58)42(54)49-35(23-30(20-24)38(27)49)41(53)46-32(17-18-36(44)50)39(51)48-37(25-9-5-3-6-10-25)26-11-7-4-8-12-26/h3-12,14-15,19-22,32-33,35,37,45H,2,13,16-18,23H2,1H3,(H2,44,50)(H,46,53)(H,47,52)(H,48,51)(H2,56,57,58)/t32-,33-,35-/m0/s1. The molecule has 0 radical (unpaired) electrons. The number of primary amides is 1. The van der Waals surface area contributed by atoms with E-state index in [4.69, 9.17) is 5.73 Å². The maximum atomic E-state index is 14.6. The minimum absolute atomic E-state index is 0.0348. The number of hydrogen-bond acceptors (Lipinski definition) is 7. The van der Waals surface area contributed by atoms with Crippen LogP contribution in [0.4, 0.5) is 5.69 Å². The average molecular weight is 819 g/mol. The fourth-order valence-corrected chi connectivity index (χ4v) is 8.33. The fraction of sp³-hybridized carbons (Fsp3) is 0.256. The van der Waals surface area contributed by atoms with E-state index in [0.29, 0.717) is 29.4 Å². The van der Waals surface area contributed by atoms with E-state index in [1.165, 1.54) is 29.2 Å². The molecule has 8 N–H and O–H groups in total. The van der Waals surface area contributed by atoms with Crippen molar-refractivity contribution in [2.24, 2.45) is 5.73 Å². The molecule has 59 heavy (non-hydrogen) atoms. The number of nitrogens with two attached hydrogens (primary N) is 1. The zero-order chi connectivity index (χ0) is 42.0. The first kappa shape index (κ1) is 40.8. The predicted molar refractivity (Wildman–Crippen MR) is 218 cm³/mol. The molecule has 3 atom stereocenters. The summed E-state index contributed by atoms with van der Waals surface area (Å²) in [6.07, 6.45) is 1.17. The Hall–Kier alpha value is -6.41. The summed E-state index contributed by atoms with van der Waals surface area (Å²) in [5, 5.41) is 9.03. The van der Waals surface area contributed by atoms with Crippen LogP contribution in [0.5, 0.6) is 0 Å². The van der Waals surface area contributed by atoms with Gasteiger partial charge in [-0.2, -0.15) is 0 Å². The zero-order valence-electron chi connectivity index (χ0n) is 32.0. The van der Waals surface area contributed by atoms with Crippen LogP contribution in [0.25, 0.3) is 10.9 Å². The summed E-state index contributed by atoms with van der Waals surface area (Å²) in [6, 6.07) is 24.0. The number of benzene rings is 4. The molecule has 304 valence electrons. The van der Waals surface area contributed by atoms with Gasteiger partial charge in [0.1, 0.15) is 23.8 Å². The fourth-order valence-electron chi connectivity index (χ4n) is 7.85. The molecule has 0 saturated heterocycles. The highest BCUT2D eigenvalue weighted by molar-refractivity contribution is 7.70. The van der Waals surface area contributed by atoms with Crippen LogP contribution >= 0.6 is 7.60 Å². The van der Waals surface area contributed by atoms with Gasteiger partial charge >= 0.3 is 7.60 Å². The molecule has 0 fully saturated rings.